The first kappa shape index (κ1) is 22.5. The normalized spacial score (nSPS) is 23.9. The van der Waals surface area contributed by atoms with Crippen molar-refractivity contribution in [2.75, 3.05) is 25.1 Å². The van der Waals surface area contributed by atoms with E-state index in [0.717, 1.165) is 16.6 Å². The Balaban J connectivity index is 1.19. The molecule has 184 valence electrons. The van der Waals surface area contributed by atoms with Crippen LogP contribution >= 0.6 is 11.6 Å². The first-order chi connectivity index (χ1) is 17.1. The Hall–Kier alpha value is -2.96. The molecule has 35 heavy (non-hydrogen) atoms. The van der Waals surface area contributed by atoms with Crippen LogP contribution in [-0.4, -0.2) is 79.2 Å². The lowest BCUT2D eigenvalue weighted by molar-refractivity contribution is 0.00706. The summed E-state index contributed by atoms with van der Waals surface area (Å²) in [6.45, 7) is 1.71. The number of aryl methyl sites for hydroxylation is 1. The highest BCUT2D eigenvalue weighted by Gasteiger charge is 2.48. The van der Waals surface area contributed by atoms with Crippen LogP contribution in [0.1, 0.15) is 12.1 Å². The number of H-pyrrole nitrogens is 1. The van der Waals surface area contributed by atoms with Crippen LogP contribution in [-0.2, 0) is 22.6 Å². The van der Waals surface area contributed by atoms with Gasteiger partial charge in [0.1, 0.15) is 24.1 Å². The van der Waals surface area contributed by atoms with Gasteiger partial charge in [-0.25, -0.2) is 4.98 Å². The molecule has 4 N–H and O–H groups in total. The van der Waals surface area contributed by atoms with Gasteiger partial charge in [0.2, 0.25) is 0 Å². The number of anilines is 1. The van der Waals surface area contributed by atoms with Crippen LogP contribution in [0.4, 0.5) is 5.82 Å². The van der Waals surface area contributed by atoms with Crippen LogP contribution in [0.2, 0.25) is 5.02 Å². The number of aliphatic hydroxyl groups excluding tert-OH is 2. The molecule has 2 aliphatic rings. The average molecular weight is 501 g/mol. The number of pyridine rings is 1. The number of hydrogen-bond acceptors (Lipinski definition) is 9. The SMILES string of the molecule is OCCCn1nc(CNc2nc3nc(O[C@@H]4CO[C@H]5[C@@H]4OC[C@H]5O)[nH]c3cc2Cl)c2ccccc21. The van der Waals surface area contributed by atoms with Crippen molar-refractivity contribution in [1.29, 1.82) is 0 Å². The number of imidazole rings is 1. The Kier molecular flexibility index (Phi) is 5.94. The van der Waals surface area contributed by atoms with Crippen molar-refractivity contribution >= 4 is 39.5 Å². The maximum atomic E-state index is 9.91. The molecule has 2 saturated heterocycles. The van der Waals surface area contributed by atoms with E-state index in [1.165, 1.54) is 0 Å². The lowest BCUT2D eigenvalue weighted by Crippen LogP contribution is -2.34. The number of aliphatic hydroxyl groups is 2. The van der Waals surface area contributed by atoms with Crippen LogP contribution in [0, 0.1) is 0 Å². The van der Waals surface area contributed by atoms with Gasteiger partial charge in [-0.15, -0.1) is 0 Å². The summed E-state index contributed by atoms with van der Waals surface area (Å²) in [7, 11) is 0. The third-order valence-corrected chi connectivity index (χ3v) is 6.62. The zero-order valence-electron chi connectivity index (χ0n) is 18.7. The molecule has 1 aromatic carbocycles. The monoisotopic (exact) mass is 500 g/mol. The number of halogens is 1. The number of rotatable bonds is 8. The predicted molar refractivity (Wildman–Crippen MR) is 128 cm³/mol. The van der Waals surface area contributed by atoms with Crippen molar-refractivity contribution in [2.24, 2.45) is 0 Å². The van der Waals surface area contributed by atoms with Gasteiger partial charge in [-0.1, -0.05) is 29.8 Å². The minimum Gasteiger partial charge on any atom is -0.456 e. The number of benzene rings is 1. The standard InChI is InChI=1S/C23H25ClN6O5/c24-13-8-14-22(28-23(26-14)35-18-11-34-19-17(32)10-33-20(18)19)27-21(13)25-9-15-12-4-1-2-5-16(12)30(29-15)6-3-7-31/h1-2,4-5,8,17-20,31-32H,3,6-7,9-11H2,(H2,25,26,27,28)/t17-,18-,19-,20-/m1/s1. The van der Waals surface area contributed by atoms with Crippen LogP contribution < -0.4 is 10.1 Å². The zero-order valence-corrected chi connectivity index (χ0v) is 19.5. The molecular formula is C23H25ClN6O5. The quantitative estimate of drug-likeness (QED) is 0.285. The molecular weight excluding hydrogens is 476 g/mol. The fourth-order valence-electron chi connectivity index (χ4n) is 4.65. The number of nitrogens with one attached hydrogen (secondary N) is 2. The van der Waals surface area contributed by atoms with Gasteiger partial charge in [0.25, 0.3) is 6.01 Å². The molecule has 2 aliphatic heterocycles. The van der Waals surface area contributed by atoms with Gasteiger partial charge >= 0.3 is 0 Å². The molecule has 0 aliphatic carbocycles. The second-order valence-electron chi connectivity index (χ2n) is 8.67. The number of nitrogens with zero attached hydrogens (tertiary/aromatic N) is 4. The maximum Gasteiger partial charge on any atom is 0.296 e. The number of hydrogen-bond donors (Lipinski definition) is 4. The van der Waals surface area contributed by atoms with Crippen LogP contribution in [0.25, 0.3) is 22.1 Å². The summed E-state index contributed by atoms with van der Waals surface area (Å²) in [4.78, 5) is 12.1. The van der Waals surface area contributed by atoms with Crippen molar-refractivity contribution in [3.05, 3.63) is 41.0 Å². The topological polar surface area (TPSA) is 140 Å². The van der Waals surface area contributed by atoms with Crippen LogP contribution in [0.3, 0.4) is 0 Å². The lowest BCUT2D eigenvalue weighted by Gasteiger charge is -2.15. The molecule has 0 bridgehead atoms. The first-order valence-electron chi connectivity index (χ1n) is 11.5. The van der Waals surface area contributed by atoms with E-state index in [0.29, 0.717) is 48.1 Å². The molecule has 4 aromatic rings. The molecule has 12 heteroatoms. The van der Waals surface area contributed by atoms with Gasteiger partial charge in [0.15, 0.2) is 11.8 Å². The smallest absolute Gasteiger partial charge is 0.296 e. The summed E-state index contributed by atoms with van der Waals surface area (Å²) < 4.78 is 19.1. The largest absolute Gasteiger partial charge is 0.456 e. The maximum absolute atomic E-state index is 9.91. The number of fused-ring (bicyclic) bond motifs is 3. The van der Waals surface area contributed by atoms with E-state index in [-0.39, 0.29) is 37.5 Å². The Bertz CT molecular complexity index is 1360. The summed E-state index contributed by atoms with van der Waals surface area (Å²) in [5.74, 6) is 0.484. The van der Waals surface area contributed by atoms with Crippen molar-refractivity contribution in [2.45, 2.75) is 43.9 Å². The Morgan fingerprint density at radius 2 is 2.06 bits per heavy atom. The van der Waals surface area contributed by atoms with Gasteiger partial charge in [0, 0.05) is 18.5 Å². The molecule has 3 aromatic heterocycles. The minimum atomic E-state index is -0.642. The summed E-state index contributed by atoms with van der Waals surface area (Å²) in [5.41, 5.74) is 2.96. The van der Waals surface area contributed by atoms with E-state index in [4.69, 9.17) is 30.9 Å². The summed E-state index contributed by atoms with van der Waals surface area (Å²) in [6, 6.07) is 10.0. The average Bonchev–Trinajstić information content (AvgIpc) is 3.61. The predicted octanol–water partition coefficient (Wildman–Crippen LogP) is 1.86. The van der Waals surface area contributed by atoms with E-state index in [1.807, 2.05) is 28.9 Å². The highest BCUT2D eigenvalue weighted by molar-refractivity contribution is 6.33. The number of para-hydroxylation sites is 1. The van der Waals surface area contributed by atoms with E-state index < -0.39 is 6.10 Å². The summed E-state index contributed by atoms with van der Waals surface area (Å²) in [6.07, 6.45) is -1.10. The van der Waals surface area contributed by atoms with Crippen molar-refractivity contribution in [3.8, 4) is 6.01 Å². The van der Waals surface area contributed by atoms with Gasteiger partial charge < -0.3 is 34.7 Å². The molecule has 0 unspecified atom stereocenters. The molecule has 0 saturated carbocycles. The molecule has 11 nitrogen and oxygen atoms in total. The van der Waals surface area contributed by atoms with E-state index in [9.17, 15) is 10.2 Å². The highest BCUT2D eigenvalue weighted by atomic mass is 35.5. The van der Waals surface area contributed by atoms with Crippen LogP contribution in [0.15, 0.2) is 30.3 Å². The van der Waals surface area contributed by atoms with E-state index >= 15 is 0 Å². The molecule has 0 spiro atoms. The second-order valence-corrected chi connectivity index (χ2v) is 9.08. The Labute approximate surface area is 205 Å². The Morgan fingerprint density at radius 1 is 1.20 bits per heavy atom. The van der Waals surface area contributed by atoms with E-state index in [2.05, 4.69) is 20.3 Å². The van der Waals surface area contributed by atoms with Gasteiger partial charge in [-0.3, -0.25) is 4.68 Å². The third-order valence-electron chi connectivity index (χ3n) is 6.34. The highest BCUT2D eigenvalue weighted by Crippen LogP contribution is 2.31. The Morgan fingerprint density at radius 3 is 2.94 bits per heavy atom. The van der Waals surface area contributed by atoms with Crippen LogP contribution in [0.5, 0.6) is 6.01 Å². The van der Waals surface area contributed by atoms with Crippen molar-refractivity contribution < 1.29 is 24.4 Å². The molecule has 2 fully saturated rings. The molecule has 0 radical (unpaired) electrons. The van der Waals surface area contributed by atoms with Gasteiger partial charge in [-0.05, 0) is 18.6 Å². The number of aromatic amines is 1. The number of ether oxygens (including phenoxy) is 3. The van der Waals surface area contributed by atoms with Gasteiger partial charge in [0.05, 0.1) is 41.5 Å². The third kappa shape index (κ3) is 4.19. The molecule has 4 atom stereocenters. The molecule has 0 amide bonds. The molecule has 6 rings (SSSR count). The minimum absolute atomic E-state index is 0.112. The summed E-state index contributed by atoms with van der Waals surface area (Å²) in [5, 5.41) is 28.6. The summed E-state index contributed by atoms with van der Waals surface area (Å²) >= 11 is 6.50. The second kappa shape index (κ2) is 9.25. The lowest BCUT2D eigenvalue weighted by atomic mass is 10.1. The fourth-order valence-corrected chi connectivity index (χ4v) is 4.87. The number of aromatic nitrogens is 5. The fraction of sp³-hybridized carbons (Fsp3) is 0.435. The molecule has 5 heterocycles. The van der Waals surface area contributed by atoms with Gasteiger partial charge in [-0.2, -0.15) is 10.1 Å². The van der Waals surface area contributed by atoms with E-state index in [1.54, 1.807) is 6.07 Å². The zero-order chi connectivity index (χ0) is 23.9. The van der Waals surface area contributed by atoms with Crippen molar-refractivity contribution in [3.63, 3.8) is 0 Å². The first-order valence-corrected chi connectivity index (χ1v) is 11.9. The van der Waals surface area contributed by atoms with Crippen molar-refractivity contribution in [1.82, 2.24) is 24.7 Å².